The Bertz CT molecular complexity index is 156. The highest BCUT2D eigenvalue weighted by molar-refractivity contribution is 4.46. The molecule has 3 heteroatoms. The van der Waals surface area contributed by atoms with E-state index in [1.54, 1.807) is 0 Å². The molecular weight excluding hydrogens is 240 g/mol. The van der Waals surface area contributed by atoms with E-state index in [1.807, 2.05) is 13.8 Å². The van der Waals surface area contributed by atoms with Gasteiger partial charge in [0.25, 0.3) is 6.48 Å². The zero-order valence-electron chi connectivity index (χ0n) is 13.3. The van der Waals surface area contributed by atoms with Crippen molar-refractivity contribution in [2.75, 3.05) is 19.8 Å². The Labute approximate surface area is 120 Å². The Morgan fingerprint density at radius 3 is 1.53 bits per heavy atom. The van der Waals surface area contributed by atoms with Crippen LogP contribution in [0.3, 0.4) is 0 Å². The van der Waals surface area contributed by atoms with Gasteiger partial charge in [0.2, 0.25) is 0 Å². The van der Waals surface area contributed by atoms with Gasteiger partial charge in [-0.3, -0.25) is 0 Å². The predicted molar refractivity (Wildman–Crippen MR) is 80.2 cm³/mol. The SMILES string of the molecule is CCCCCCCCCCCOC(OCC)OCC. The molecule has 0 unspecified atom stereocenters. The summed E-state index contributed by atoms with van der Waals surface area (Å²) >= 11 is 0. The van der Waals surface area contributed by atoms with Crippen molar-refractivity contribution >= 4 is 0 Å². The van der Waals surface area contributed by atoms with Crippen molar-refractivity contribution in [3.8, 4) is 0 Å². The first-order valence-electron chi connectivity index (χ1n) is 8.19. The molecule has 0 saturated carbocycles. The Morgan fingerprint density at radius 2 is 1.05 bits per heavy atom. The lowest BCUT2D eigenvalue weighted by Gasteiger charge is -2.16. The lowest BCUT2D eigenvalue weighted by atomic mass is 10.1. The van der Waals surface area contributed by atoms with Gasteiger partial charge in [-0.1, -0.05) is 58.3 Å². The molecule has 0 aliphatic heterocycles. The summed E-state index contributed by atoms with van der Waals surface area (Å²) in [5, 5.41) is 0. The smallest absolute Gasteiger partial charge is 0.271 e. The summed E-state index contributed by atoms with van der Waals surface area (Å²) < 4.78 is 16.2. The van der Waals surface area contributed by atoms with Crippen LogP contribution in [0.15, 0.2) is 0 Å². The number of hydrogen-bond donors (Lipinski definition) is 0. The third-order valence-corrected chi connectivity index (χ3v) is 3.11. The number of unbranched alkanes of at least 4 members (excludes halogenated alkanes) is 8. The molecule has 19 heavy (non-hydrogen) atoms. The van der Waals surface area contributed by atoms with Crippen LogP contribution in [0.5, 0.6) is 0 Å². The fraction of sp³-hybridized carbons (Fsp3) is 1.00. The fourth-order valence-corrected chi connectivity index (χ4v) is 2.01. The summed E-state index contributed by atoms with van der Waals surface area (Å²) in [6.45, 7) is 7.69. The number of hydrogen-bond acceptors (Lipinski definition) is 3. The summed E-state index contributed by atoms with van der Waals surface area (Å²) in [7, 11) is 0. The standard InChI is InChI=1S/C16H34O3/c1-4-7-8-9-10-11-12-13-14-15-19-16(17-5-2)18-6-3/h16H,4-15H2,1-3H3. The second-order valence-corrected chi connectivity index (χ2v) is 4.90. The average molecular weight is 274 g/mol. The highest BCUT2D eigenvalue weighted by Crippen LogP contribution is 2.10. The molecule has 0 amide bonds. The van der Waals surface area contributed by atoms with Crippen LogP contribution < -0.4 is 0 Å². The molecule has 0 spiro atoms. The molecule has 0 bridgehead atoms. The molecular formula is C16H34O3. The summed E-state index contributed by atoms with van der Waals surface area (Å²) in [5.74, 6) is 0. The zero-order valence-corrected chi connectivity index (χ0v) is 13.3. The predicted octanol–water partition coefficient (Wildman–Crippen LogP) is 4.89. The van der Waals surface area contributed by atoms with Crippen molar-refractivity contribution in [2.45, 2.75) is 85.0 Å². The van der Waals surface area contributed by atoms with Gasteiger partial charge in [0.15, 0.2) is 0 Å². The maximum Gasteiger partial charge on any atom is 0.271 e. The minimum absolute atomic E-state index is 0.468. The van der Waals surface area contributed by atoms with Gasteiger partial charge in [-0.2, -0.15) is 0 Å². The Kier molecular flexibility index (Phi) is 15.8. The van der Waals surface area contributed by atoms with Crippen molar-refractivity contribution in [1.82, 2.24) is 0 Å². The van der Waals surface area contributed by atoms with E-state index in [-0.39, 0.29) is 0 Å². The molecule has 0 aliphatic carbocycles. The van der Waals surface area contributed by atoms with Gasteiger partial charge in [0, 0.05) is 13.2 Å². The molecule has 0 atom stereocenters. The van der Waals surface area contributed by atoms with E-state index in [1.165, 1.54) is 51.4 Å². The van der Waals surface area contributed by atoms with Gasteiger partial charge in [0.05, 0.1) is 6.61 Å². The molecule has 0 aromatic rings. The molecule has 0 radical (unpaired) electrons. The van der Waals surface area contributed by atoms with Crippen molar-refractivity contribution in [2.24, 2.45) is 0 Å². The van der Waals surface area contributed by atoms with Gasteiger partial charge in [-0.05, 0) is 20.3 Å². The average Bonchev–Trinajstić information content (AvgIpc) is 2.41. The van der Waals surface area contributed by atoms with Crippen molar-refractivity contribution in [1.29, 1.82) is 0 Å². The van der Waals surface area contributed by atoms with Crippen LogP contribution >= 0.6 is 0 Å². The van der Waals surface area contributed by atoms with E-state index in [0.29, 0.717) is 13.2 Å². The topological polar surface area (TPSA) is 27.7 Å². The van der Waals surface area contributed by atoms with E-state index in [9.17, 15) is 0 Å². The number of rotatable bonds is 15. The van der Waals surface area contributed by atoms with Crippen molar-refractivity contribution < 1.29 is 14.2 Å². The zero-order chi connectivity index (χ0) is 14.2. The third kappa shape index (κ3) is 14.1. The molecule has 0 aliphatic rings. The summed E-state index contributed by atoms with van der Waals surface area (Å²) in [4.78, 5) is 0. The normalized spacial score (nSPS) is 11.4. The molecule has 0 rings (SSSR count). The Balaban J connectivity index is 3.20. The minimum atomic E-state index is -0.468. The third-order valence-electron chi connectivity index (χ3n) is 3.11. The first kappa shape index (κ1) is 18.9. The van der Waals surface area contributed by atoms with Crippen LogP contribution in [-0.4, -0.2) is 26.3 Å². The van der Waals surface area contributed by atoms with Gasteiger partial charge < -0.3 is 14.2 Å². The summed E-state index contributed by atoms with van der Waals surface area (Å²) in [5.41, 5.74) is 0. The molecule has 0 heterocycles. The van der Waals surface area contributed by atoms with Gasteiger partial charge in [0.1, 0.15) is 0 Å². The molecule has 116 valence electrons. The van der Waals surface area contributed by atoms with E-state index in [4.69, 9.17) is 14.2 Å². The first-order valence-corrected chi connectivity index (χ1v) is 8.19. The summed E-state index contributed by atoms with van der Waals surface area (Å²) in [6.07, 6.45) is 12.0. The molecule has 0 aromatic carbocycles. The lowest BCUT2D eigenvalue weighted by Crippen LogP contribution is -2.21. The minimum Gasteiger partial charge on any atom is -0.330 e. The van der Waals surface area contributed by atoms with Crippen LogP contribution in [0.4, 0.5) is 0 Å². The van der Waals surface area contributed by atoms with Crippen LogP contribution in [0, 0.1) is 0 Å². The van der Waals surface area contributed by atoms with Gasteiger partial charge in [-0.15, -0.1) is 0 Å². The van der Waals surface area contributed by atoms with Crippen LogP contribution in [0.2, 0.25) is 0 Å². The van der Waals surface area contributed by atoms with Crippen molar-refractivity contribution in [3.05, 3.63) is 0 Å². The van der Waals surface area contributed by atoms with Crippen LogP contribution in [0.1, 0.15) is 78.6 Å². The fourth-order valence-electron chi connectivity index (χ4n) is 2.01. The maximum absolute atomic E-state index is 5.54. The highest BCUT2D eigenvalue weighted by Gasteiger charge is 2.06. The van der Waals surface area contributed by atoms with Crippen LogP contribution in [-0.2, 0) is 14.2 Å². The van der Waals surface area contributed by atoms with Gasteiger partial charge >= 0.3 is 0 Å². The highest BCUT2D eigenvalue weighted by atomic mass is 16.8. The monoisotopic (exact) mass is 274 g/mol. The van der Waals surface area contributed by atoms with E-state index >= 15 is 0 Å². The second kappa shape index (κ2) is 15.9. The van der Waals surface area contributed by atoms with Crippen LogP contribution in [0.25, 0.3) is 0 Å². The maximum atomic E-state index is 5.54. The van der Waals surface area contributed by atoms with E-state index < -0.39 is 6.48 Å². The first-order chi connectivity index (χ1) is 9.35. The summed E-state index contributed by atoms with van der Waals surface area (Å²) in [6, 6.07) is 0. The number of ether oxygens (including phenoxy) is 3. The van der Waals surface area contributed by atoms with Crippen molar-refractivity contribution in [3.63, 3.8) is 0 Å². The lowest BCUT2D eigenvalue weighted by molar-refractivity contribution is -0.284. The Hall–Kier alpha value is -0.120. The molecule has 3 nitrogen and oxygen atoms in total. The van der Waals surface area contributed by atoms with E-state index in [2.05, 4.69) is 6.92 Å². The Morgan fingerprint density at radius 1 is 0.579 bits per heavy atom. The van der Waals surface area contributed by atoms with Gasteiger partial charge in [-0.25, -0.2) is 0 Å². The molecule has 0 aromatic heterocycles. The molecule has 0 N–H and O–H groups in total. The molecule has 0 fully saturated rings. The largest absolute Gasteiger partial charge is 0.330 e. The second-order valence-electron chi connectivity index (χ2n) is 4.90. The molecule has 0 saturated heterocycles. The van der Waals surface area contributed by atoms with E-state index in [0.717, 1.165) is 13.0 Å². The quantitative estimate of drug-likeness (QED) is 0.314.